The maximum absolute atomic E-state index is 5.77. The normalized spacial score (nSPS) is 10.8. The molecule has 0 radical (unpaired) electrons. The number of hydrogen-bond donors (Lipinski definition) is 0. The molecule has 3 rings (SSSR count). The van der Waals surface area contributed by atoms with E-state index in [-0.39, 0.29) is 0 Å². The van der Waals surface area contributed by atoms with Crippen molar-refractivity contribution in [3.63, 3.8) is 0 Å². The van der Waals surface area contributed by atoms with Crippen molar-refractivity contribution in [3.8, 4) is 11.4 Å². The lowest BCUT2D eigenvalue weighted by molar-refractivity contribution is 1.07. The number of halogens is 1. The van der Waals surface area contributed by atoms with Crippen molar-refractivity contribution >= 4 is 17.2 Å². The average molecular weight is 232 g/mol. The Morgan fingerprint density at radius 1 is 1.25 bits per heavy atom. The predicted octanol–water partition coefficient (Wildman–Crippen LogP) is 1.84. The van der Waals surface area contributed by atoms with Crippen LogP contribution in [0.3, 0.4) is 0 Å². The molecule has 0 aromatic carbocycles. The minimum Gasteiger partial charge on any atom is -0.265 e. The lowest BCUT2D eigenvalue weighted by Gasteiger charge is -1.98. The van der Waals surface area contributed by atoms with Crippen LogP contribution in [0.15, 0.2) is 36.9 Å². The lowest BCUT2D eigenvalue weighted by Crippen LogP contribution is -1.91. The molecule has 16 heavy (non-hydrogen) atoms. The Labute approximate surface area is 95.8 Å². The molecular weight excluding hydrogens is 226 g/mol. The summed E-state index contributed by atoms with van der Waals surface area (Å²) in [7, 11) is 0. The highest BCUT2D eigenvalue weighted by molar-refractivity contribution is 6.29. The van der Waals surface area contributed by atoms with Crippen LogP contribution in [0.2, 0.25) is 5.15 Å². The molecule has 0 fully saturated rings. The molecule has 5 nitrogen and oxygen atoms in total. The van der Waals surface area contributed by atoms with Gasteiger partial charge < -0.3 is 0 Å². The maximum Gasteiger partial charge on any atom is 0.171 e. The van der Waals surface area contributed by atoms with Crippen molar-refractivity contribution < 1.29 is 0 Å². The van der Waals surface area contributed by atoms with Gasteiger partial charge in [-0.25, -0.2) is 4.98 Å². The van der Waals surface area contributed by atoms with Gasteiger partial charge in [-0.05, 0) is 12.1 Å². The van der Waals surface area contributed by atoms with Crippen molar-refractivity contribution in [2.75, 3.05) is 0 Å². The molecule has 0 aliphatic rings. The zero-order valence-electron chi connectivity index (χ0n) is 8.08. The third-order valence-corrected chi connectivity index (χ3v) is 2.39. The van der Waals surface area contributed by atoms with Gasteiger partial charge in [0.2, 0.25) is 0 Å². The molecule has 78 valence electrons. The zero-order chi connectivity index (χ0) is 11.0. The molecule has 0 atom stereocenters. The SMILES string of the molecule is Clc1cc2nnc(-c3cccnc3)n2cn1. The summed E-state index contributed by atoms with van der Waals surface area (Å²) in [6, 6.07) is 5.42. The average Bonchev–Trinajstić information content (AvgIpc) is 2.73. The maximum atomic E-state index is 5.77. The second kappa shape index (κ2) is 3.53. The summed E-state index contributed by atoms with van der Waals surface area (Å²) in [6.45, 7) is 0. The number of nitrogens with zero attached hydrogens (tertiary/aromatic N) is 5. The Balaban J connectivity index is 2.26. The Bertz CT molecular complexity index is 634. The van der Waals surface area contributed by atoms with Crippen LogP contribution in [0, 0.1) is 0 Å². The first kappa shape index (κ1) is 9.23. The highest BCUT2D eigenvalue weighted by Crippen LogP contribution is 2.17. The summed E-state index contributed by atoms with van der Waals surface area (Å²) in [4.78, 5) is 8.03. The Morgan fingerprint density at radius 2 is 2.19 bits per heavy atom. The van der Waals surface area contributed by atoms with E-state index < -0.39 is 0 Å². The van der Waals surface area contributed by atoms with E-state index in [1.807, 2.05) is 12.1 Å². The molecule has 0 N–H and O–H groups in total. The summed E-state index contributed by atoms with van der Waals surface area (Å²) in [5.41, 5.74) is 1.55. The highest BCUT2D eigenvalue weighted by atomic mass is 35.5. The molecule has 6 heteroatoms. The largest absolute Gasteiger partial charge is 0.265 e. The monoisotopic (exact) mass is 231 g/mol. The molecule has 0 spiro atoms. The van der Waals surface area contributed by atoms with Crippen LogP contribution in [0.1, 0.15) is 0 Å². The smallest absolute Gasteiger partial charge is 0.171 e. The van der Waals surface area contributed by atoms with Gasteiger partial charge in [-0.1, -0.05) is 11.6 Å². The van der Waals surface area contributed by atoms with Gasteiger partial charge in [-0.3, -0.25) is 9.38 Å². The molecular formula is C10H6ClN5. The van der Waals surface area contributed by atoms with Crippen LogP contribution in [0.25, 0.3) is 17.0 Å². The standard InChI is InChI=1S/C10H6ClN5/c11-8-4-9-14-15-10(16(9)6-13-8)7-2-1-3-12-5-7/h1-6H. The molecule has 3 heterocycles. The van der Waals surface area contributed by atoms with E-state index in [0.29, 0.717) is 16.6 Å². The first-order valence-electron chi connectivity index (χ1n) is 4.61. The van der Waals surface area contributed by atoms with Crippen LogP contribution in [-0.2, 0) is 0 Å². The van der Waals surface area contributed by atoms with Gasteiger partial charge in [-0.2, -0.15) is 0 Å². The second-order valence-corrected chi connectivity index (χ2v) is 3.59. The first-order valence-corrected chi connectivity index (χ1v) is 4.99. The van der Waals surface area contributed by atoms with E-state index in [1.165, 1.54) is 0 Å². The van der Waals surface area contributed by atoms with Gasteiger partial charge in [0.1, 0.15) is 11.5 Å². The van der Waals surface area contributed by atoms with Crippen molar-refractivity contribution in [3.05, 3.63) is 42.1 Å². The number of pyridine rings is 1. The fourth-order valence-electron chi connectivity index (χ4n) is 1.46. The summed E-state index contributed by atoms with van der Waals surface area (Å²) < 4.78 is 1.77. The topological polar surface area (TPSA) is 56.0 Å². The summed E-state index contributed by atoms with van der Waals surface area (Å²) in [5.74, 6) is 0.701. The van der Waals surface area contributed by atoms with E-state index in [4.69, 9.17) is 11.6 Å². The second-order valence-electron chi connectivity index (χ2n) is 3.21. The van der Waals surface area contributed by atoms with Crippen LogP contribution < -0.4 is 0 Å². The molecule has 3 aromatic rings. The third-order valence-electron chi connectivity index (χ3n) is 2.19. The van der Waals surface area contributed by atoms with Gasteiger partial charge >= 0.3 is 0 Å². The van der Waals surface area contributed by atoms with Crippen LogP contribution in [0.5, 0.6) is 0 Å². The predicted molar refractivity (Wildman–Crippen MR) is 59.0 cm³/mol. The van der Waals surface area contributed by atoms with Crippen molar-refractivity contribution in [2.24, 2.45) is 0 Å². The van der Waals surface area contributed by atoms with E-state index in [2.05, 4.69) is 20.2 Å². The molecule has 0 aliphatic heterocycles. The highest BCUT2D eigenvalue weighted by Gasteiger charge is 2.08. The fraction of sp³-hybridized carbons (Fsp3) is 0. The van der Waals surface area contributed by atoms with E-state index >= 15 is 0 Å². The van der Waals surface area contributed by atoms with Gasteiger partial charge in [0, 0.05) is 24.0 Å². The molecule has 0 amide bonds. The van der Waals surface area contributed by atoms with Gasteiger partial charge in [0.25, 0.3) is 0 Å². The van der Waals surface area contributed by atoms with Crippen molar-refractivity contribution in [2.45, 2.75) is 0 Å². The molecule has 3 aromatic heterocycles. The zero-order valence-corrected chi connectivity index (χ0v) is 8.83. The van der Waals surface area contributed by atoms with Crippen LogP contribution >= 0.6 is 11.6 Å². The van der Waals surface area contributed by atoms with Crippen molar-refractivity contribution in [1.82, 2.24) is 24.6 Å². The lowest BCUT2D eigenvalue weighted by atomic mass is 10.3. The Kier molecular flexibility index (Phi) is 2.04. The fourth-order valence-corrected chi connectivity index (χ4v) is 1.61. The van der Waals surface area contributed by atoms with Crippen molar-refractivity contribution in [1.29, 1.82) is 0 Å². The van der Waals surface area contributed by atoms with Crippen LogP contribution in [0.4, 0.5) is 0 Å². The number of rotatable bonds is 1. The third kappa shape index (κ3) is 1.42. The van der Waals surface area contributed by atoms with Gasteiger partial charge in [-0.15, -0.1) is 10.2 Å². The van der Waals surface area contributed by atoms with Crippen LogP contribution in [-0.4, -0.2) is 24.6 Å². The molecule has 0 aliphatic carbocycles. The molecule has 0 saturated carbocycles. The van der Waals surface area contributed by atoms with Gasteiger partial charge in [0.15, 0.2) is 11.5 Å². The number of hydrogen-bond acceptors (Lipinski definition) is 4. The first-order chi connectivity index (χ1) is 7.84. The van der Waals surface area contributed by atoms with E-state index in [1.54, 1.807) is 29.2 Å². The summed E-state index contributed by atoms with van der Waals surface area (Å²) >= 11 is 5.77. The minimum absolute atomic E-state index is 0.401. The number of aromatic nitrogens is 5. The molecule has 0 saturated heterocycles. The summed E-state index contributed by atoms with van der Waals surface area (Å²) in [6.07, 6.45) is 5.03. The Morgan fingerprint density at radius 3 is 3.00 bits per heavy atom. The van der Waals surface area contributed by atoms with Gasteiger partial charge in [0.05, 0.1) is 0 Å². The minimum atomic E-state index is 0.401. The Hall–Kier alpha value is -2.01. The van der Waals surface area contributed by atoms with E-state index in [9.17, 15) is 0 Å². The molecule has 0 unspecified atom stereocenters. The summed E-state index contributed by atoms with van der Waals surface area (Å²) in [5, 5.41) is 8.50. The number of fused-ring (bicyclic) bond motifs is 1. The van der Waals surface area contributed by atoms with E-state index in [0.717, 1.165) is 5.56 Å². The quantitative estimate of drug-likeness (QED) is 0.600. The molecule has 0 bridgehead atoms.